The molecule has 0 fully saturated rings. The number of nitrogens with one attached hydrogen (secondary N) is 2. The SMILES string of the molecule is CCOCc1nnc(NC(=O)C(CC)NC(=O)Cc2cc(F)cc(F)c2)s1. The summed E-state index contributed by atoms with van der Waals surface area (Å²) in [6.07, 6.45) is 0.0927. The molecule has 1 unspecified atom stereocenters. The molecule has 0 aliphatic carbocycles. The Bertz CT molecular complexity index is 780. The molecule has 146 valence electrons. The summed E-state index contributed by atoms with van der Waals surface area (Å²) < 4.78 is 31.6. The highest BCUT2D eigenvalue weighted by Gasteiger charge is 2.20. The Balaban J connectivity index is 1.91. The molecule has 0 aliphatic rings. The first-order valence-corrected chi connectivity index (χ1v) is 9.18. The molecule has 0 bridgehead atoms. The standard InChI is InChI=1S/C17H20F2N4O3S/c1-3-13(16(25)21-17-23-22-15(27-17)9-26-4-2)20-14(24)7-10-5-11(18)8-12(19)6-10/h5-6,8,13H,3-4,7,9H2,1-2H3,(H,20,24)(H,21,23,25). The van der Waals surface area contributed by atoms with Crippen molar-refractivity contribution in [1.29, 1.82) is 0 Å². The number of rotatable bonds is 9. The number of ether oxygens (including phenoxy) is 1. The van der Waals surface area contributed by atoms with Crippen LogP contribution >= 0.6 is 11.3 Å². The van der Waals surface area contributed by atoms with Crippen LogP contribution in [0.3, 0.4) is 0 Å². The summed E-state index contributed by atoms with van der Waals surface area (Å²) in [7, 11) is 0. The number of anilines is 1. The predicted octanol–water partition coefficient (Wildman–Crippen LogP) is 2.43. The number of hydrogen-bond acceptors (Lipinski definition) is 6. The average molecular weight is 398 g/mol. The van der Waals surface area contributed by atoms with Gasteiger partial charge in [-0.3, -0.25) is 14.9 Å². The van der Waals surface area contributed by atoms with Gasteiger partial charge in [0.05, 0.1) is 6.42 Å². The van der Waals surface area contributed by atoms with E-state index < -0.39 is 29.5 Å². The summed E-state index contributed by atoms with van der Waals surface area (Å²) in [5, 5.41) is 13.8. The first kappa shape index (κ1) is 20.8. The van der Waals surface area contributed by atoms with Gasteiger partial charge in [0.25, 0.3) is 0 Å². The second-order valence-electron chi connectivity index (χ2n) is 5.61. The van der Waals surface area contributed by atoms with Crippen molar-refractivity contribution in [2.24, 2.45) is 0 Å². The van der Waals surface area contributed by atoms with Gasteiger partial charge in [0.2, 0.25) is 16.9 Å². The third kappa shape index (κ3) is 6.65. The molecule has 0 saturated heterocycles. The Morgan fingerprint density at radius 3 is 2.52 bits per heavy atom. The molecule has 0 radical (unpaired) electrons. The highest BCUT2D eigenvalue weighted by molar-refractivity contribution is 7.15. The number of carbonyl (C=O) groups excluding carboxylic acids is 2. The minimum absolute atomic E-state index is 0.185. The molecule has 0 saturated carbocycles. The van der Waals surface area contributed by atoms with Crippen molar-refractivity contribution in [3.05, 3.63) is 40.4 Å². The summed E-state index contributed by atoms with van der Waals surface area (Å²) in [5.41, 5.74) is 0.185. The van der Waals surface area contributed by atoms with Gasteiger partial charge in [-0.1, -0.05) is 18.3 Å². The second-order valence-corrected chi connectivity index (χ2v) is 6.67. The summed E-state index contributed by atoms with van der Waals surface area (Å²) in [6, 6.07) is 2.07. The van der Waals surface area contributed by atoms with Crippen molar-refractivity contribution in [1.82, 2.24) is 15.5 Å². The van der Waals surface area contributed by atoms with Gasteiger partial charge in [-0.05, 0) is 31.0 Å². The summed E-state index contributed by atoms with van der Waals surface area (Å²) >= 11 is 1.18. The Hall–Kier alpha value is -2.46. The number of halogens is 2. The molecule has 2 amide bonds. The molecule has 1 heterocycles. The van der Waals surface area contributed by atoms with Gasteiger partial charge in [-0.2, -0.15) is 0 Å². The minimum atomic E-state index is -0.810. The molecule has 10 heteroatoms. The third-order valence-electron chi connectivity index (χ3n) is 3.47. The molecule has 0 spiro atoms. The average Bonchev–Trinajstić information content (AvgIpc) is 3.04. The second kappa shape index (κ2) is 10.0. The van der Waals surface area contributed by atoms with Crippen molar-refractivity contribution in [2.75, 3.05) is 11.9 Å². The van der Waals surface area contributed by atoms with E-state index in [1.165, 1.54) is 11.3 Å². The first-order chi connectivity index (χ1) is 12.9. The van der Waals surface area contributed by atoms with Gasteiger partial charge < -0.3 is 10.1 Å². The van der Waals surface area contributed by atoms with E-state index in [4.69, 9.17) is 4.74 Å². The molecule has 1 aromatic heterocycles. The van der Waals surface area contributed by atoms with Crippen LogP contribution in [-0.2, 0) is 27.4 Å². The molecule has 2 N–H and O–H groups in total. The van der Waals surface area contributed by atoms with Crippen molar-refractivity contribution in [3.8, 4) is 0 Å². The molecule has 7 nitrogen and oxygen atoms in total. The van der Waals surface area contributed by atoms with Crippen LogP contribution < -0.4 is 10.6 Å². The number of amides is 2. The normalized spacial score (nSPS) is 11.9. The van der Waals surface area contributed by atoms with Crippen molar-refractivity contribution >= 4 is 28.3 Å². The van der Waals surface area contributed by atoms with Crippen LogP contribution in [0.25, 0.3) is 0 Å². The number of nitrogens with zero attached hydrogens (tertiary/aromatic N) is 2. The van der Waals surface area contributed by atoms with Gasteiger partial charge in [-0.25, -0.2) is 8.78 Å². The highest BCUT2D eigenvalue weighted by Crippen LogP contribution is 2.16. The van der Waals surface area contributed by atoms with Gasteiger partial charge in [0, 0.05) is 12.7 Å². The topological polar surface area (TPSA) is 93.2 Å². The largest absolute Gasteiger partial charge is 0.374 e. The number of benzene rings is 1. The van der Waals surface area contributed by atoms with Gasteiger partial charge >= 0.3 is 0 Å². The maximum Gasteiger partial charge on any atom is 0.248 e. The lowest BCUT2D eigenvalue weighted by Crippen LogP contribution is -2.44. The van der Waals surface area contributed by atoms with E-state index in [-0.39, 0.29) is 12.0 Å². The highest BCUT2D eigenvalue weighted by atomic mass is 32.1. The molecule has 0 aliphatic heterocycles. The Labute approximate surface area is 159 Å². The first-order valence-electron chi connectivity index (χ1n) is 8.36. The number of hydrogen-bond donors (Lipinski definition) is 2. The van der Waals surface area contributed by atoms with Crippen LogP contribution in [0.2, 0.25) is 0 Å². The quantitative estimate of drug-likeness (QED) is 0.677. The van der Waals surface area contributed by atoms with Crippen LogP contribution in [0.15, 0.2) is 18.2 Å². The smallest absolute Gasteiger partial charge is 0.248 e. The maximum atomic E-state index is 13.2. The molecule has 2 aromatic rings. The van der Waals surface area contributed by atoms with Crippen molar-refractivity contribution in [3.63, 3.8) is 0 Å². The van der Waals surface area contributed by atoms with Crippen LogP contribution in [0.4, 0.5) is 13.9 Å². The van der Waals surface area contributed by atoms with Crippen LogP contribution in [0.1, 0.15) is 30.8 Å². The Morgan fingerprint density at radius 1 is 1.19 bits per heavy atom. The van der Waals surface area contributed by atoms with E-state index >= 15 is 0 Å². The zero-order valence-electron chi connectivity index (χ0n) is 14.9. The van der Waals surface area contributed by atoms with E-state index in [2.05, 4.69) is 20.8 Å². The Kier molecular flexibility index (Phi) is 7.74. The minimum Gasteiger partial charge on any atom is -0.374 e. The lowest BCUT2D eigenvalue weighted by Gasteiger charge is -2.15. The molecule has 1 atom stereocenters. The molecule has 1 aromatic carbocycles. The van der Waals surface area contributed by atoms with E-state index in [1.54, 1.807) is 6.92 Å². The summed E-state index contributed by atoms with van der Waals surface area (Å²) in [5.74, 6) is -2.49. The predicted molar refractivity (Wildman–Crippen MR) is 96.2 cm³/mol. The van der Waals surface area contributed by atoms with Gasteiger partial charge in [-0.15, -0.1) is 10.2 Å². The van der Waals surface area contributed by atoms with Crippen molar-refractivity contribution < 1.29 is 23.1 Å². The fourth-order valence-electron chi connectivity index (χ4n) is 2.24. The summed E-state index contributed by atoms with van der Waals surface area (Å²) in [6.45, 7) is 4.44. The van der Waals surface area contributed by atoms with Crippen molar-refractivity contribution in [2.45, 2.75) is 39.3 Å². The number of carbonyl (C=O) groups is 2. The lowest BCUT2D eigenvalue weighted by atomic mass is 10.1. The van der Waals surface area contributed by atoms with E-state index in [1.807, 2.05) is 6.92 Å². The van der Waals surface area contributed by atoms with E-state index in [0.29, 0.717) is 29.8 Å². The van der Waals surface area contributed by atoms with Crippen LogP contribution in [0.5, 0.6) is 0 Å². The third-order valence-corrected chi connectivity index (χ3v) is 4.29. The Morgan fingerprint density at radius 2 is 1.89 bits per heavy atom. The van der Waals surface area contributed by atoms with Gasteiger partial charge in [0.1, 0.15) is 29.3 Å². The zero-order chi connectivity index (χ0) is 19.8. The fourth-order valence-corrected chi connectivity index (χ4v) is 2.92. The fraction of sp³-hybridized carbons (Fsp3) is 0.412. The molecular weight excluding hydrogens is 378 g/mol. The molecule has 27 heavy (non-hydrogen) atoms. The zero-order valence-corrected chi connectivity index (χ0v) is 15.7. The molecular formula is C17H20F2N4O3S. The monoisotopic (exact) mass is 398 g/mol. The van der Waals surface area contributed by atoms with E-state index in [0.717, 1.165) is 18.2 Å². The van der Waals surface area contributed by atoms with E-state index in [9.17, 15) is 18.4 Å². The maximum absolute atomic E-state index is 13.2. The van der Waals surface area contributed by atoms with Crippen LogP contribution in [0, 0.1) is 11.6 Å². The lowest BCUT2D eigenvalue weighted by molar-refractivity contribution is -0.126. The summed E-state index contributed by atoms with van der Waals surface area (Å²) in [4.78, 5) is 24.4. The van der Waals surface area contributed by atoms with Gasteiger partial charge in [0.15, 0.2) is 0 Å². The molecule has 2 rings (SSSR count). The van der Waals surface area contributed by atoms with Crippen LogP contribution in [-0.4, -0.2) is 34.7 Å². The number of aromatic nitrogens is 2.